The van der Waals surface area contributed by atoms with Gasteiger partial charge >= 0.3 is 6.09 Å². The number of nitrogens with one attached hydrogen (secondary N) is 1. The monoisotopic (exact) mass is 278 g/mol. The summed E-state index contributed by atoms with van der Waals surface area (Å²) in [4.78, 5) is 13.6. The predicted molar refractivity (Wildman–Crippen MR) is 76.4 cm³/mol. The number of carbonyl (C=O) groups is 1. The molecule has 108 valence electrons. The maximum atomic E-state index is 11.0. The van der Waals surface area contributed by atoms with E-state index in [-0.39, 0.29) is 18.5 Å². The minimum atomic E-state index is -0.296. The van der Waals surface area contributed by atoms with Gasteiger partial charge in [-0.05, 0) is 53.0 Å². The zero-order valence-corrected chi connectivity index (χ0v) is 12.6. The molecule has 0 spiro atoms. The first-order chi connectivity index (χ1) is 8.15. The number of unbranched alkanes of at least 4 members (excludes halogenated alkanes) is 1. The third-order valence-corrected chi connectivity index (χ3v) is 3.52. The highest BCUT2D eigenvalue weighted by Gasteiger charge is 2.26. The van der Waals surface area contributed by atoms with Crippen molar-refractivity contribution < 1.29 is 9.53 Å². The van der Waals surface area contributed by atoms with Crippen LogP contribution in [0, 0.1) is 0 Å². The van der Waals surface area contributed by atoms with E-state index in [2.05, 4.69) is 24.1 Å². The molecule has 2 unspecified atom stereocenters. The molecule has 0 aromatic rings. The Morgan fingerprint density at radius 1 is 1.28 bits per heavy atom. The third kappa shape index (κ3) is 5.91. The van der Waals surface area contributed by atoms with Gasteiger partial charge < -0.3 is 10.1 Å². The van der Waals surface area contributed by atoms with E-state index in [4.69, 9.17) is 4.74 Å². The average Bonchev–Trinajstić information content (AvgIpc) is 2.60. The number of hydrogen-bond acceptors (Lipinski definition) is 3. The predicted octanol–water partition coefficient (Wildman–Crippen LogP) is 2.81. The Kier molecular flexibility index (Phi) is 9.20. The van der Waals surface area contributed by atoms with Crippen LogP contribution in [0.15, 0.2) is 0 Å². The molecule has 0 aromatic heterocycles. The van der Waals surface area contributed by atoms with Crippen molar-refractivity contribution in [2.24, 2.45) is 0 Å². The fourth-order valence-electron chi connectivity index (χ4n) is 2.48. The van der Waals surface area contributed by atoms with Crippen LogP contribution in [0.1, 0.15) is 46.5 Å². The Balaban J connectivity index is 0.00000289. The summed E-state index contributed by atoms with van der Waals surface area (Å²) in [5.41, 5.74) is 0. The highest BCUT2D eigenvalue weighted by molar-refractivity contribution is 5.85. The molecule has 1 N–H and O–H groups in total. The number of rotatable bonds is 6. The fourth-order valence-corrected chi connectivity index (χ4v) is 2.48. The first kappa shape index (κ1) is 17.5. The van der Waals surface area contributed by atoms with Crippen LogP contribution in [0.3, 0.4) is 0 Å². The molecule has 0 saturated carbocycles. The van der Waals surface area contributed by atoms with Crippen molar-refractivity contribution in [3.8, 4) is 0 Å². The molecule has 1 rings (SSSR count). The first-order valence-corrected chi connectivity index (χ1v) is 6.81. The molecule has 0 aliphatic carbocycles. The molecule has 0 aromatic carbocycles. The van der Waals surface area contributed by atoms with Crippen molar-refractivity contribution in [3.05, 3.63) is 0 Å². The zero-order chi connectivity index (χ0) is 12.7. The van der Waals surface area contributed by atoms with E-state index in [1.807, 2.05) is 6.92 Å². The lowest BCUT2D eigenvalue weighted by molar-refractivity contribution is 0.151. The average molecular weight is 279 g/mol. The normalized spacial score (nSPS) is 23.5. The number of ether oxygens (including phenoxy) is 1. The Hall–Kier alpha value is -0.480. The minimum absolute atomic E-state index is 0. The highest BCUT2D eigenvalue weighted by Crippen LogP contribution is 2.23. The van der Waals surface area contributed by atoms with Gasteiger partial charge in [0.2, 0.25) is 0 Å². The summed E-state index contributed by atoms with van der Waals surface area (Å²) < 4.78 is 4.80. The van der Waals surface area contributed by atoms with Gasteiger partial charge in [-0.1, -0.05) is 0 Å². The maximum Gasteiger partial charge on any atom is 0.407 e. The van der Waals surface area contributed by atoms with Crippen LogP contribution >= 0.6 is 12.4 Å². The van der Waals surface area contributed by atoms with Gasteiger partial charge in [-0.2, -0.15) is 0 Å². The standard InChI is InChI=1S/C13H26N2O2.ClH/c1-4-17-13(16)14-9-5-6-10-15-11(2)7-8-12(15)3;/h11-12H,4-10H2,1-3H3,(H,14,16);1H. The SMILES string of the molecule is CCOC(=O)NCCCCN1C(C)CCC1C.Cl. The second-order valence-electron chi connectivity index (χ2n) is 4.87. The topological polar surface area (TPSA) is 41.6 Å². The molecule has 1 aliphatic heterocycles. The van der Waals surface area contributed by atoms with Gasteiger partial charge in [-0.15, -0.1) is 12.4 Å². The van der Waals surface area contributed by atoms with Crippen LogP contribution in [-0.2, 0) is 4.74 Å². The molecule has 1 aliphatic rings. The number of likely N-dealkylation sites (tertiary alicyclic amines) is 1. The van der Waals surface area contributed by atoms with Crippen LogP contribution in [0.2, 0.25) is 0 Å². The van der Waals surface area contributed by atoms with Crippen molar-refractivity contribution >= 4 is 18.5 Å². The number of nitrogens with zero attached hydrogens (tertiary/aromatic N) is 1. The Morgan fingerprint density at radius 2 is 1.89 bits per heavy atom. The van der Waals surface area contributed by atoms with Crippen molar-refractivity contribution in [2.45, 2.75) is 58.5 Å². The Labute approximate surface area is 117 Å². The van der Waals surface area contributed by atoms with Crippen molar-refractivity contribution in [3.63, 3.8) is 0 Å². The molecule has 1 amide bonds. The van der Waals surface area contributed by atoms with Crippen LogP contribution in [0.4, 0.5) is 4.79 Å². The molecule has 2 atom stereocenters. The van der Waals surface area contributed by atoms with E-state index in [0.717, 1.165) is 38.0 Å². The lowest BCUT2D eigenvalue weighted by Crippen LogP contribution is -2.34. The molecule has 5 heteroatoms. The van der Waals surface area contributed by atoms with E-state index < -0.39 is 0 Å². The molecule has 0 radical (unpaired) electrons. The van der Waals surface area contributed by atoms with Gasteiger partial charge in [0, 0.05) is 18.6 Å². The van der Waals surface area contributed by atoms with Crippen LogP contribution in [0.5, 0.6) is 0 Å². The number of amides is 1. The summed E-state index contributed by atoms with van der Waals surface area (Å²) >= 11 is 0. The molecule has 1 fully saturated rings. The molecular weight excluding hydrogens is 252 g/mol. The highest BCUT2D eigenvalue weighted by atomic mass is 35.5. The van der Waals surface area contributed by atoms with Crippen LogP contribution < -0.4 is 5.32 Å². The largest absolute Gasteiger partial charge is 0.450 e. The van der Waals surface area contributed by atoms with Gasteiger partial charge in [0.15, 0.2) is 0 Å². The van der Waals surface area contributed by atoms with E-state index in [1.165, 1.54) is 12.8 Å². The zero-order valence-electron chi connectivity index (χ0n) is 11.8. The lowest BCUT2D eigenvalue weighted by Gasteiger charge is -2.25. The molecule has 4 nitrogen and oxygen atoms in total. The summed E-state index contributed by atoms with van der Waals surface area (Å²) in [6.45, 7) is 8.73. The van der Waals surface area contributed by atoms with E-state index in [9.17, 15) is 4.79 Å². The van der Waals surface area contributed by atoms with E-state index in [0.29, 0.717) is 6.61 Å². The quantitative estimate of drug-likeness (QED) is 0.760. The van der Waals surface area contributed by atoms with Crippen molar-refractivity contribution in [2.75, 3.05) is 19.7 Å². The summed E-state index contributed by atoms with van der Waals surface area (Å²) in [5.74, 6) is 0. The second kappa shape index (κ2) is 9.45. The summed E-state index contributed by atoms with van der Waals surface area (Å²) in [6, 6.07) is 1.45. The molecule has 1 heterocycles. The second-order valence-corrected chi connectivity index (χ2v) is 4.87. The Bertz CT molecular complexity index is 229. The number of halogens is 1. The van der Waals surface area contributed by atoms with Crippen molar-refractivity contribution in [1.82, 2.24) is 10.2 Å². The third-order valence-electron chi connectivity index (χ3n) is 3.52. The van der Waals surface area contributed by atoms with Gasteiger partial charge in [0.05, 0.1) is 6.61 Å². The van der Waals surface area contributed by atoms with Gasteiger partial charge in [0.25, 0.3) is 0 Å². The maximum absolute atomic E-state index is 11.0. The molecule has 1 saturated heterocycles. The van der Waals surface area contributed by atoms with Crippen LogP contribution in [-0.4, -0.2) is 42.8 Å². The van der Waals surface area contributed by atoms with E-state index in [1.54, 1.807) is 0 Å². The smallest absolute Gasteiger partial charge is 0.407 e. The van der Waals surface area contributed by atoms with Gasteiger partial charge in [-0.3, -0.25) is 4.90 Å². The fraction of sp³-hybridized carbons (Fsp3) is 0.923. The molecular formula is C13H27ClN2O2. The van der Waals surface area contributed by atoms with Gasteiger partial charge in [0.1, 0.15) is 0 Å². The van der Waals surface area contributed by atoms with Crippen LogP contribution in [0.25, 0.3) is 0 Å². The van der Waals surface area contributed by atoms with E-state index >= 15 is 0 Å². The summed E-state index contributed by atoms with van der Waals surface area (Å²) in [7, 11) is 0. The summed E-state index contributed by atoms with van der Waals surface area (Å²) in [6.07, 6.45) is 4.51. The minimum Gasteiger partial charge on any atom is -0.450 e. The van der Waals surface area contributed by atoms with Gasteiger partial charge in [-0.25, -0.2) is 4.79 Å². The van der Waals surface area contributed by atoms with Crippen molar-refractivity contribution in [1.29, 1.82) is 0 Å². The first-order valence-electron chi connectivity index (χ1n) is 6.81. The number of alkyl carbamates (subject to hydrolysis) is 1. The summed E-state index contributed by atoms with van der Waals surface area (Å²) in [5, 5.41) is 2.75. The Morgan fingerprint density at radius 3 is 2.44 bits per heavy atom. The lowest BCUT2D eigenvalue weighted by atomic mass is 10.2. The molecule has 18 heavy (non-hydrogen) atoms. The number of carbonyl (C=O) groups excluding carboxylic acids is 1. The number of hydrogen-bond donors (Lipinski definition) is 1. The molecule has 0 bridgehead atoms.